The molecule has 0 amide bonds. The van der Waals surface area contributed by atoms with Crippen molar-refractivity contribution in [1.82, 2.24) is 4.90 Å². The summed E-state index contributed by atoms with van der Waals surface area (Å²) in [4.78, 5) is 2.43. The smallest absolute Gasteiger partial charge is 0.103 e. The van der Waals surface area contributed by atoms with E-state index in [9.17, 15) is 10.2 Å². The van der Waals surface area contributed by atoms with Crippen LogP contribution in [0.15, 0.2) is 24.3 Å². The molecule has 2 unspecified atom stereocenters. The lowest BCUT2D eigenvalue weighted by molar-refractivity contribution is 0.0581. The highest BCUT2D eigenvalue weighted by atomic mass is 32.1. The van der Waals surface area contributed by atoms with Crippen LogP contribution in [0.1, 0.15) is 30.6 Å². The highest BCUT2D eigenvalue weighted by molar-refractivity contribution is 7.80. The fraction of sp³-hybridized carbons (Fsp3) is 0.500. The molecular formula is C14H20N2O2S. The minimum absolute atomic E-state index is 0.358. The van der Waals surface area contributed by atoms with Crippen molar-refractivity contribution >= 4 is 17.2 Å². The van der Waals surface area contributed by atoms with Crippen molar-refractivity contribution in [2.24, 2.45) is 5.73 Å². The van der Waals surface area contributed by atoms with Gasteiger partial charge in [0.15, 0.2) is 0 Å². The lowest BCUT2D eigenvalue weighted by atomic mass is 10.1. The molecule has 1 heterocycles. The molecule has 1 aliphatic heterocycles. The number of hydrogen-bond acceptors (Lipinski definition) is 4. The highest BCUT2D eigenvalue weighted by Crippen LogP contribution is 2.23. The molecule has 5 heteroatoms. The van der Waals surface area contributed by atoms with Crippen molar-refractivity contribution in [2.75, 3.05) is 19.6 Å². The number of benzene rings is 1. The number of thiocarbonyl (C=S) groups is 1. The van der Waals surface area contributed by atoms with E-state index in [-0.39, 0.29) is 0 Å². The Balaban J connectivity index is 1.96. The summed E-state index contributed by atoms with van der Waals surface area (Å²) >= 11 is 4.89. The van der Waals surface area contributed by atoms with E-state index in [0.717, 1.165) is 24.1 Å². The van der Waals surface area contributed by atoms with Crippen LogP contribution in [0.4, 0.5) is 0 Å². The first-order valence-corrected chi connectivity index (χ1v) is 6.81. The number of hydrogen-bond donors (Lipinski definition) is 3. The van der Waals surface area contributed by atoms with Crippen LogP contribution < -0.4 is 5.73 Å². The molecule has 0 bridgehead atoms. The van der Waals surface area contributed by atoms with E-state index in [0.29, 0.717) is 18.1 Å². The number of aliphatic hydroxyl groups is 2. The summed E-state index contributed by atoms with van der Waals surface area (Å²) in [5, 5.41) is 20.1. The third-order valence-corrected chi connectivity index (χ3v) is 3.78. The Bertz CT molecular complexity index is 459. The standard InChI is InChI=1S/C14H20N2O2S/c1-14(18)6-7-16(9-14)8-12(17)10-2-4-11(5-3-10)13(15)19/h2-5,12,17-18H,6-9H2,1H3,(H2,15,19). The Morgan fingerprint density at radius 1 is 1.47 bits per heavy atom. The van der Waals surface area contributed by atoms with Crippen molar-refractivity contribution < 1.29 is 10.2 Å². The highest BCUT2D eigenvalue weighted by Gasteiger charge is 2.32. The topological polar surface area (TPSA) is 69.7 Å². The summed E-state index contributed by atoms with van der Waals surface area (Å²) in [6.07, 6.45) is 0.189. The number of likely N-dealkylation sites (tertiary alicyclic amines) is 1. The number of aliphatic hydroxyl groups excluding tert-OH is 1. The molecule has 1 saturated heterocycles. The zero-order chi connectivity index (χ0) is 14.0. The van der Waals surface area contributed by atoms with E-state index in [1.165, 1.54) is 0 Å². The zero-order valence-corrected chi connectivity index (χ0v) is 11.9. The van der Waals surface area contributed by atoms with Crippen LogP contribution in [-0.2, 0) is 0 Å². The maximum Gasteiger partial charge on any atom is 0.103 e. The van der Waals surface area contributed by atoms with E-state index in [1.807, 2.05) is 31.2 Å². The first kappa shape index (κ1) is 14.4. The number of nitrogens with zero attached hydrogens (tertiary/aromatic N) is 1. The van der Waals surface area contributed by atoms with Crippen LogP contribution in [0.2, 0.25) is 0 Å². The van der Waals surface area contributed by atoms with Gasteiger partial charge in [-0.25, -0.2) is 0 Å². The van der Waals surface area contributed by atoms with Crippen LogP contribution in [0.25, 0.3) is 0 Å². The predicted molar refractivity (Wildman–Crippen MR) is 79.0 cm³/mol. The zero-order valence-electron chi connectivity index (χ0n) is 11.0. The molecule has 0 aromatic heterocycles. The maximum atomic E-state index is 10.2. The van der Waals surface area contributed by atoms with Crippen LogP contribution in [0.5, 0.6) is 0 Å². The molecule has 1 aromatic rings. The fourth-order valence-electron chi connectivity index (χ4n) is 2.41. The van der Waals surface area contributed by atoms with Crippen LogP contribution in [0, 0.1) is 0 Å². The van der Waals surface area contributed by atoms with Gasteiger partial charge in [-0.1, -0.05) is 36.5 Å². The fourth-order valence-corrected chi connectivity index (χ4v) is 2.55. The minimum atomic E-state index is -0.630. The van der Waals surface area contributed by atoms with Crippen molar-refractivity contribution in [3.63, 3.8) is 0 Å². The Morgan fingerprint density at radius 2 is 2.11 bits per heavy atom. The molecule has 0 radical (unpaired) electrons. The Hall–Kier alpha value is -1.01. The largest absolute Gasteiger partial charge is 0.389 e. The van der Waals surface area contributed by atoms with Crippen LogP contribution in [0.3, 0.4) is 0 Å². The molecule has 4 nitrogen and oxygen atoms in total. The SMILES string of the molecule is CC1(O)CCN(CC(O)c2ccc(C(N)=S)cc2)C1. The van der Waals surface area contributed by atoms with Gasteiger partial charge in [0.2, 0.25) is 0 Å². The molecule has 4 N–H and O–H groups in total. The van der Waals surface area contributed by atoms with Gasteiger partial charge in [-0.05, 0) is 18.9 Å². The van der Waals surface area contributed by atoms with E-state index >= 15 is 0 Å². The summed E-state index contributed by atoms with van der Waals surface area (Å²) in [7, 11) is 0. The second kappa shape index (κ2) is 5.54. The number of rotatable bonds is 4. The van der Waals surface area contributed by atoms with E-state index in [4.69, 9.17) is 18.0 Å². The molecule has 1 fully saturated rings. The lowest BCUT2D eigenvalue weighted by Gasteiger charge is -2.22. The average Bonchev–Trinajstić information content (AvgIpc) is 2.68. The van der Waals surface area contributed by atoms with Gasteiger partial charge in [-0.2, -0.15) is 0 Å². The van der Waals surface area contributed by atoms with Crippen LogP contribution >= 0.6 is 12.2 Å². The molecular weight excluding hydrogens is 260 g/mol. The summed E-state index contributed by atoms with van der Waals surface area (Å²) in [6, 6.07) is 7.32. The third-order valence-electron chi connectivity index (χ3n) is 3.54. The van der Waals surface area contributed by atoms with E-state index in [1.54, 1.807) is 0 Å². The molecule has 19 heavy (non-hydrogen) atoms. The van der Waals surface area contributed by atoms with Crippen molar-refractivity contribution in [1.29, 1.82) is 0 Å². The van der Waals surface area contributed by atoms with Crippen molar-refractivity contribution in [2.45, 2.75) is 25.0 Å². The van der Waals surface area contributed by atoms with Gasteiger partial charge in [0.1, 0.15) is 4.99 Å². The average molecular weight is 280 g/mol. The molecule has 0 spiro atoms. The minimum Gasteiger partial charge on any atom is -0.389 e. The predicted octanol–water partition coefficient (Wildman–Crippen LogP) is 0.811. The molecule has 1 aromatic carbocycles. The van der Waals surface area contributed by atoms with Gasteiger partial charge in [0.05, 0.1) is 11.7 Å². The van der Waals surface area contributed by atoms with Crippen molar-refractivity contribution in [3.05, 3.63) is 35.4 Å². The molecule has 0 saturated carbocycles. The second-order valence-electron chi connectivity index (χ2n) is 5.48. The Kier molecular flexibility index (Phi) is 4.20. The van der Waals surface area contributed by atoms with Gasteiger partial charge in [0.25, 0.3) is 0 Å². The summed E-state index contributed by atoms with van der Waals surface area (Å²) < 4.78 is 0. The monoisotopic (exact) mass is 280 g/mol. The molecule has 2 atom stereocenters. The van der Waals surface area contributed by atoms with Gasteiger partial charge < -0.3 is 15.9 Å². The maximum absolute atomic E-state index is 10.2. The van der Waals surface area contributed by atoms with Gasteiger partial charge in [-0.15, -0.1) is 0 Å². The quantitative estimate of drug-likeness (QED) is 0.712. The normalized spacial score (nSPS) is 25.4. The van der Waals surface area contributed by atoms with Gasteiger partial charge in [0, 0.05) is 25.2 Å². The summed E-state index contributed by atoms with van der Waals surface area (Å²) in [5.41, 5.74) is 6.55. The lowest BCUT2D eigenvalue weighted by Crippen LogP contribution is -2.32. The third kappa shape index (κ3) is 3.73. The Morgan fingerprint density at radius 3 is 2.58 bits per heavy atom. The first-order chi connectivity index (χ1) is 8.87. The number of β-amino-alcohol motifs (C(OH)–C–C–N with tert-alkyl or cyclic N) is 2. The Labute approximate surface area is 118 Å². The molecule has 1 aliphatic rings. The summed E-state index contributed by atoms with van der Waals surface area (Å²) in [5.74, 6) is 0. The molecule has 2 rings (SSSR count). The molecule has 104 valence electrons. The van der Waals surface area contributed by atoms with Gasteiger partial charge >= 0.3 is 0 Å². The van der Waals surface area contributed by atoms with E-state index < -0.39 is 11.7 Å². The first-order valence-electron chi connectivity index (χ1n) is 6.40. The summed E-state index contributed by atoms with van der Waals surface area (Å²) in [6.45, 7) is 3.78. The molecule has 0 aliphatic carbocycles. The van der Waals surface area contributed by atoms with E-state index in [2.05, 4.69) is 4.90 Å². The second-order valence-corrected chi connectivity index (χ2v) is 5.92. The van der Waals surface area contributed by atoms with Crippen molar-refractivity contribution in [3.8, 4) is 0 Å². The van der Waals surface area contributed by atoms with Gasteiger partial charge in [-0.3, -0.25) is 4.90 Å². The number of nitrogens with two attached hydrogens (primary N) is 1. The van der Waals surface area contributed by atoms with Crippen LogP contribution in [-0.4, -0.2) is 45.3 Å².